The smallest absolute Gasteiger partial charge is 0.377 e. The number of rotatable bonds is 3. The highest BCUT2D eigenvalue weighted by Crippen LogP contribution is 2.39. The fourth-order valence-corrected chi connectivity index (χ4v) is 2.30. The Morgan fingerprint density at radius 3 is 2.71 bits per heavy atom. The van der Waals surface area contributed by atoms with Crippen molar-refractivity contribution >= 4 is 17.4 Å². The van der Waals surface area contributed by atoms with Gasteiger partial charge in [-0.05, 0) is 6.92 Å². The van der Waals surface area contributed by atoms with E-state index < -0.39 is 45.8 Å². The van der Waals surface area contributed by atoms with Gasteiger partial charge in [0.15, 0.2) is 0 Å². The lowest BCUT2D eigenvalue weighted by molar-refractivity contribution is -0.385. The van der Waals surface area contributed by atoms with Crippen LogP contribution < -0.4 is 4.90 Å². The van der Waals surface area contributed by atoms with Crippen LogP contribution in [0.5, 0.6) is 0 Å². The number of hydrogen-bond donors (Lipinski definition) is 0. The predicted octanol–water partition coefficient (Wildman–Crippen LogP) is 2.14. The molecule has 1 aliphatic heterocycles. The van der Waals surface area contributed by atoms with Gasteiger partial charge in [-0.15, -0.1) is 4.91 Å². The van der Waals surface area contributed by atoms with E-state index in [4.69, 9.17) is 4.74 Å². The number of carbonyl (C=O) groups excluding carboxylic acids is 1. The molecule has 0 N–H and O–H groups in total. The fourth-order valence-electron chi connectivity index (χ4n) is 2.30. The molecule has 9 nitrogen and oxygen atoms in total. The Bertz CT molecular complexity index is 694. The summed E-state index contributed by atoms with van der Waals surface area (Å²) in [7, 11) is 0. The van der Waals surface area contributed by atoms with Crippen molar-refractivity contribution in [3.8, 4) is 0 Å². The van der Waals surface area contributed by atoms with Gasteiger partial charge in [-0.1, -0.05) is 0 Å². The molecule has 0 saturated carbocycles. The SMILES string of the molecule is CC1COCCN1c1nc(C(=O)N=O)c([N+](=O)[O-])cc1C(F)(F)F. The van der Waals surface area contributed by atoms with Crippen molar-refractivity contribution in [1.82, 2.24) is 4.98 Å². The third-order valence-corrected chi connectivity index (χ3v) is 3.41. The standard InChI is InChI=1S/C12H11F3N4O5/c1-6-5-24-3-2-18(6)10-7(12(13,14)15)4-8(19(22)23)9(16-10)11(20)17-21/h4,6H,2-3,5H2,1H3. The predicted molar refractivity (Wildman–Crippen MR) is 73.6 cm³/mol. The molecular formula is C12H11F3N4O5. The number of pyridine rings is 1. The number of alkyl halides is 3. The molecule has 1 unspecified atom stereocenters. The molecule has 0 radical (unpaired) electrons. The average molecular weight is 348 g/mol. The maximum atomic E-state index is 13.3. The van der Waals surface area contributed by atoms with Crippen LogP contribution in [0, 0.1) is 15.0 Å². The number of halogens is 3. The van der Waals surface area contributed by atoms with Crippen molar-refractivity contribution < 1.29 is 27.6 Å². The van der Waals surface area contributed by atoms with Crippen LogP contribution in [0.1, 0.15) is 23.0 Å². The van der Waals surface area contributed by atoms with Crippen LogP contribution in [0.4, 0.5) is 24.7 Å². The summed E-state index contributed by atoms with van der Waals surface area (Å²) >= 11 is 0. The Hall–Kier alpha value is -2.63. The molecule has 0 bridgehead atoms. The van der Waals surface area contributed by atoms with E-state index in [1.165, 1.54) is 4.90 Å². The summed E-state index contributed by atoms with van der Waals surface area (Å²) in [5, 5.41) is 13.0. The molecular weight excluding hydrogens is 337 g/mol. The Morgan fingerprint density at radius 1 is 1.54 bits per heavy atom. The maximum Gasteiger partial charge on any atom is 0.420 e. The molecule has 1 saturated heterocycles. The summed E-state index contributed by atoms with van der Waals surface area (Å²) in [6.45, 7) is 1.85. The lowest BCUT2D eigenvalue weighted by atomic mass is 10.1. The minimum Gasteiger partial charge on any atom is -0.377 e. The first-order valence-corrected chi connectivity index (χ1v) is 6.65. The monoisotopic (exact) mass is 348 g/mol. The molecule has 2 heterocycles. The average Bonchev–Trinajstić information content (AvgIpc) is 2.52. The van der Waals surface area contributed by atoms with E-state index >= 15 is 0 Å². The van der Waals surface area contributed by atoms with Crippen LogP contribution >= 0.6 is 0 Å². The second-order valence-corrected chi connectivity index (χ2v) is 5.00. The summed E-state index contributed by atoms with van der Waals surface area (Å²) in [5.41, 5.74) is -3.63. The number of ether oxygens (including phenoxy) is 1. The van der Waals surface area contributed by atoms with Crippen molar-refractivity contribution in [2.45, 2.75) is 19.1 Å². The van der Waals surface area contributed by atoms with Gasteiger partial charge < -0.3 is 9.64 Å². The van der Waals surface area contributed by atoms with Gasteiger partial charge in [-0.3, -0.25) is 14.9 Å². The topological polar surface area (TPSA) is 115 Å². The Labute approximate surface area is 132 Å². The van der Waals surface area contributed by atoms with Crippen LogP contribution in [-0.4, -0.2) is 41.6 Å². The molecule has 1 aromatic heterocycles. The van der Waals surface area contributed by atoms with Gasteiger partial charge in [-0.2, -0.15) is 13.2 Å². The minimum atomic E-state index is -4.94. The molecule has 1 atom stereocenters. The van der Waals surface area contributed by atoms with E-state index in [0.717, 1.165) is 0 Å². The highest BCUT2D eigenvalue weighted by molar-refractivity contribution is 5.97. The van der Waals surface area contributed by atoms with Crippen LogP contribution in [0.15, 0.2) is 11.2 Å². The minimum absolute atomic E-state index is 0.0389. The largest absolute Gasteiger partial charge is 0.420 e. The first-order chi connectivity index (χ1) is 11.2. The fraction of sp³-hybridized carbons (Fsp3) is 0.500. The highest BCUT2D eigenvalue weighted by atomic mass is 19.4. The van der Waals surface area contributed by atoms with Crippen molar-refractivity contribution in [3.63, 3.8) is 0 Å². The number of nitrogens with zero attached hydrogens (tertiary/aromatic N) is 4. The molecule has 130 valence electrons. The molecule has 1 amide bonds. The number of nitroso groups, excluding NO2 is 1. The molecule has 0 spiro atoms. The van der Waals surface area contributed by atoms with Gasteiger partial charge in [0.1, 0.15) is 11.4 Å². The summed E-state index contributed by atoms with van der Waals surface area (Å²) in [6, 6.07) is -0.316. The molecule has 1 aliphatic rings. The molecule has 12 heteroatoms. The van der Waals surface area contributed by atoms with E-state index in [1.807, 2.05) is 5.18 Å². The van der Waals surface area contributed by atoms with Crippen LogP contribution in [0.3, 0.4) is 0 Å². The number of hydrogen-bond acceptors (Lipinski definition) is 7. The first-order valence-electron chi connectivity index (χ1n) is 6.65. The molecule has 1 fully saturated rings. The summed E-state index contributed by atoms with van der Waals surface area (Å²) in [6.07, 6.45) is -4.94. The summed E-state index contributed by atoms with van der Waals surface area (Å²) < 4.78 is 45.0. The zero-order chi connectivity index (χ0) is 18.1. The van der Waals surface area contributed by atoms with Crippen molar-refractivity contribution in [2.24, 2.45) is 5.18 Å². The quantitative estimate of drug-likeness (QED) is 0.467. The molecule has 24 heavy (non-hydrogen) atoms. The Morgan fingerprint density at radius 2 is 2.21 bits per heavy atom. The van der Waals surface area contributed by atoms with Gasteiger partial charge in [-0.25, -0.2) is 4.98 Å². The number of amides is 1. The molecule has 0 aromatic carbocycles. The van der Waals surface area contributed by atoms with E-state index in [1.54, 1.807) is 6.92 Å². The maximum absolute atomic E-state index is 13.3. The van der Waals surface area contributed by atoms with Gasteiger partial charge in [0.05, 0.1) is 24.2 Å². The van der Waals surface area contributed by atoms with Gasteiger partial charge in [0, 0.05) is 17.8 Å². The van der Waals surface area contributed by atoms with E-state index in [9.17, 15) is 33.0 Å². The van der Waals surface area contributed by atoms with Crippen molar-refractivity contribution in [1.29, 1.82) is 0 Å². The van der Waals surface area contributed by atoms with Gasteiger partial charge >= 0.3 is 17.8 Å². The highest BCUT2D eigenvalue weighted by Gasteiger charge is 2.41. The van der Waals surface area contributed by atoms with E-state index in [-0.39, 0.29) is 25.8 Å². The first kappa shape index (κ1) is 17.7. The van der Waals surface area contributed by atoms with Gasteiger partial charge in [0.2, 0.25) is 5.69 Å². The van der Waals surface area contributed by atoms with Crippen LogP contribution in [0.25, 0.3) is 0 Å². The van der Waals surface area contributed by atoms with E-state index in [0.29, 0.717) is 0 Å². The number of anilines is 1. The normalized spacial score (nSPS) is 18.3. The molecule has 2 rings (SSSR count). The third-order valence-electron chi connectivity index (χ3n) is 3.41. The second kappa shape index (κ2) is 6.47. The Balaban J connectivity index is 2.72. The van der Waals surface area contributed by atoms with Crippen LogP contribution in [-0.2, 0) is 10.9 Å². The van der Waals surface area contributed by atoms with Crippen LogP contribution in [0.2, 0.25) is 0 Å². The second-order valence-electron chi connectivity index (χ2n) is 5.00. The van der Waals surface area contributed by atoms with Crippen molar-refractivity contribution in [2.75, 3.05) is 24.7 Å². The third kappa shape index (κ3) is 3.32. The molecule has 1 aromatic rings. The van der Waals surface area contributed by atoms with Gasteiger partial charge in [0.25, 0.3) is 0 Å². The van der Waals surface area contributed by atoms with Crippen molar-refractivity contribution in [3.05, 3.63) is 32.3 Å². The zero-order valence-electron chi connectivity index (χ0n) is 12.2. The molecule has 0 aliphatic carbocycles. The lowest BCUT2D eigenvalue weighted by Crippen LogP contribution is -2.45. The number of aromatic nitrogens is 1. The number of morpholine rings is 1. The summed E-state index contributed by atoms with van der Waals surface area (Å²) in [4.78, 5) is 36.3. The Kier molecular flexibility index (Phi) is 4.78. The van der Waals surface area contributed by atoms with E-state index in [2.05, 4.69) is 4.98 Å². The summed E-state index contributed by atoms with van der Waals surface area (Å²) in [5.74, 6) is -2.28. The zero-order valence-corrected chi connectivity index (χ0v) is 12.2. The lowest BCUT2D eigenvalue weighted by Gasteiger charge is -2.35. The number of carbonyl (C=O) groups is 1. The number of nitro groups is 1.